The van der Waals surface area contributed by atoms with Crippen molar-refractivity contribution >= 4 is 22.7 Å². The highest BCUT2D eigenvalue weighted by Crippen LogP contribution is 2.32. The minimum absolute atomic E-state index is 0.225. The summed E-state index contributed by atoms with van der Waals surface area (Å²) in [6.07, 6.45) is -2.28. The summed E-state index contributed by atoms with van der Waals surface area (Å²) in [7, 11) is 0. The second kappa shape index (κ2) is 4.48. The number of carbonyl (C=O) groups is 1. The van der Waals surface area contributed by atoms with Crippen molar-refractivity contribution < 1.29 is 18.5 Å². The molecule has 0 atom stereocenters. The smallest absolute Gasteiger partial charge is 0.358 e. The van der Waals surface area contributed by atoms with Crippen LogP contribution in [0.3, 0.4) is 0 Å². The van der Waals surface area contributed by atoms with E-state index in [1.165, 1.54) is 0 Å². The fourth-order valence-corrected chi connectivity index (χ4v) is 1.40. The number of rotatable bonds is 3. The normalized spacial score (nSPS) is 10.6. The van der Waals surface area contributed by atoms with Crippen molar-refractivity contribution in [2.75, 3.05) is 0 Å². The number of aromatic nitrogens is 1. The maximum Gasteiger partial charge on any atom is 0.372 e. The van der Waals surface area contributed by atoms with E-state index in [0.29, 0.717) is 0 Å². The number of halogens is 3. The van der Waals surface area contributed by atoms with Gasteiger partial charge in [-0.2, -0.15) is 0 Å². The van der Waals surface area contributed by atoms with Gasteiger partial charge >= 0.3 is 5.82 Å². The molecule has 0 unspecified atom stereocenters. The van der Waals surface area contributed by atoms with E-state index >= 15 is 0 Å². The lowest BCUT2D eigenvalue weighted by molar-refractivity contribution is -0.391. The van der Waals surface area contributed by atoms with Crippen molar-refractivity contribution in [1.29, 1.82) is 0 Å². The van der Waals surface area contributed by atoms with Crippen LogP contribution in [0.4, 0.5) is 14.6 Å². The van der Waals surface area contributed by atoms with Crippen molar-refractivity contribution in [2.24, 2.45) is 0 Å². The van der Waals surface area contributed by atoms with Crippen LogP contribution < -0.4 is 0 Å². The lowest BCUT2D eigenvalue weighted by Gasteiger charge is -2.06. The highest BCUT2D eigenvalue weighted by Gasteiger charge is 2.28. The molecule has 0 amide bonds. The number of alkyl halides is 2. The van der Waals surface area contributed by atoms with E-state index in [9.17, 15) is 23.7 Å². The van der Waals surface area contributed by atoms with Crippen LogP contribution in [0, 0.1) is 17.0 Å². The molecule has 0 aromatic carbocycles. The van der Waals surface area contributed by atoms with Gasteiger partial charge in [-0.1, -0.05) is 0 Å². The fourth-order valence-electron chi connectivity index (χ4n) is 1.21. The van der Waals surface area contributed by atoms with E-state index < -0.39 is 28.0 Å². The number of carbonyl (C=O) groups excluding carboxylic acids is 1. The van der Waals surface area contributed by atoms with Gasteiger partial charge in [0.15, 0.2) is 6.20 Å². The van der Waals surface area contributed by atoms with Gasteiger partial charge in [-0.3, -0.25) is 4.79 Å². The molecular formula is C8H5ClF2N2O3. The molecule has 0 saturated heterocycles. The minimum atomic E-state index is -3.09. The van der Waals surface area contributed by atoms with Gasteiger partial charge in [-0.05, 0) is 34.0 Å². The molecule has 5 nitrogen and oxygen atoms in total. The molecule has 0 aliphatic rings. The van der Waals surface area contributed by atoms with E-state index in [0.717, 1.165) is 13.1 Å². The van der Waals surface area contributed by atoms with Crippen LogP contribution in [0.15, 0.2) is 6.20 Å². The number of nitrogens with zero attached hydrogens (tertiary/aromatic N) is 2. The Labute approximate surface area is 93.2 Å². The van der Waals surface area contributed by atoms with Crippen LogP contribution in [-0.2, 0) is 0 Å². The van der Waals surface area contributed by atoms with Gasteiger partial charge in [0.05, 0.1) is 5.56 Å². The molecule has 0 spiro atoms. The van der Waals surface area contributed by atoms with Crippen molar-refractivity contribution in [2.45, 2.75) is 13.3 Å². The van der Waals surface area contributed by atoms with Gasteiger partial charge in [0.25, 0.3) is 11.7 Å². The Morgan fingerprint density at radius 2 is 2.19 bits per heavy atom. The standard InChI is InChI=1S/C8H5ClF2N2O3/c1-3-4(6(9)14)2-12-8(13(15)16)5(3)7(10)11/h2,7H,1H3. The Balaban J connectivity index is 3.54. The first-order chi connectivity index (χ1) is 7.36. The monoisotopic (exact) mass is 250 g/mol. The van der Waals surface area contributed by atoms with Crippen molar-refractivity contribution in [3.05, 3.63) is 33.0 Å². The molecule has 0 aliphatic carbocycles. The first-order valence-corrected chi connectivity index (χ1v) is 4.36. The zero-order chi connectivity index (χ0) is 12.5. The third-order valence-electron chi connectivity index (χ3n) is 1.97. The highest BCUT2D eigenvalue weighted by molar-refractivity contribution is 6.67. The van der Waals surface area contributed by atoms with E-state index in [1.807, 2.05) is 0 Å². The van der Waals surface area contributed by atoms with Gasteiger partial charge in [0, 0.05) is 0 Å². The van der Waals surface area contributed by atoms with E-state index in [1.54, 1.807) is 0 Å². The Morgan fingerprint density at radius 3 is 2.56 bits per heavy atom. The molecule has 16 heavy (non-hydrogen) atoms. The maximum absolute atomic E-state index is 12.6. The van der Waals surface area contributed by atoms with Crippen molar-refractivity contribution in [3.63, 3.8) is 0 Å². The average molecular weight is 251 g/mol. The molecule has 0 radical (unpaired) electrons. The molecule has 1 rings (SSSR count). The Kier molecular flexibility index (Phi) is 3.48. The minimum Gasteiger partial charge on any atom is -0.358 e. The molecule has 0 bridgehead atoms. The zero-order valence-electron chi connectivity index (χ0n) is 7.91. The van der Waals surface area contributed by atoms with Gasteiger partial charge in [-0.25, -0.2) is 8.78 Å². The number of pyridine rings is 1. The summed E-state index contributed by atoms with van der Waals surface area (Å²) in [4.78, 5) is 23.5. The summed E-state index contributed by atoms with van der Waals surface area (Å²) in [5.41, 5.74) is -1.37. The van der Waals surface area contributed by atoms with Crippen LogP contribution in [0.2, 0.25) is 0 Å². The molecule has 0 fully saturated rings. The van der Waals surface area contributed by atoms with Crippen LogP contribution in [0.5, 0.6) is 0 Å². The van der Waals surface area contributed by atoms with E-state index in [2.05, 4.69) is 4.98 Å². The third kappa shape index (κ3) is 2.13. The van der Waals surface area contributed by atoms with Crippen molar-refractivity contribution in [1.82, 2.24) is 4.98 Å². The molecule has 1 aromatic heterocycles. The SMILES string of the molecule is Cc1c(C(=O)Cl)cnc([N+](=O)[O-])c1C(F)F. The largest absolute Gasteiger partial charge is 0.372 e. The first kappa shape index (κ1) is 12.4. The number of nitro groups is 1. The molecule has 1 heterocycles. The molecule has 0 N–H and O–H groups in total. The highest BCUT2D eigenvalue weighted by atomic mass is 35.5. The maximum atomic E-state index is 12.6. The quantitative estimate of drug-likeness (QED) is 0.469. The van der Waals surface area contributed by atoms with Crippen LogP contribution in [0.25, 0.3) is 0 Å². The van der Waals surface area contributed by atoms with Crippen LogP contribution in [-0.4, -0.2) is 15.1 Å². The summed E-state index contributed by atoms with van der Waals surface area (Å²) in [5.74, 6) is -0.964. The summed E-state index contributed by atoms with van der Waals surface area (Å²) >= 11 is 5.12. The van der Waals surface area contributed by atoms with Gasteiger partial charge in [0.2, 0.25) is 0 Å². The summed E-state index contributed by atoms with van der Waals surface area (Å²) in [5, 5.41) is 9.47. The fraction of sp³-hybridized carbons (Fsp3) is 0.250. The molecule has 86 valence electrons. The lowest BCUT2D eigenvalue weighted by Crippen LogP contribution is -2.06. The molecular weight excluding hydrogens is 246 g/mol. The number of hydrogen-bond acceptors (Lipinski definition) is 4. The van der Waals surface area contributed by atoms with E-state index in [-0.39, 0.29) is 11.1 Å². The predicted molar refractivity (Wildman–Crippen MR) is 50.8 cm³/mol. The van der Waals surface area contributed by atoms with Crippen LogP contribution in [0.1, 0.15) is 27.9 Å². The third-order valence-corrected chi connectivity index (χ3v) is 2.17. The van der Waals surface area contributed by atoms with Gasteiger partial charge in [-0.15, -0.1) is 0 Å². The van der Waals surface area contributed by atoms with E-state index in [4.69, 9.17) is 11.6 Å². The first-order valence-electron chi connectivity index (χ1n) is 3.98. The molecule has 8 heteroatoms. The molecule has 1 aromatic rings. The topological polar surface area (TPSA) is 73.1 Å². The lowest BCUT2D eigenvalue weighted by atomic mass is 10.1. The Morgan fingerprint density at radius 1 is 1.62 bits per heavy atom. The van der Waals surface area contributed by atoms with Gasteiger partial charge < -0.3 is 10.1 Å². The van der Waals surface area contributed by atoms with Crippen LogP contribution >= 0.6 is 11.6 Å². The van der Waals surface area contributed by atoms with Gasteiger partial charge in [0.1, 0.15) is 5.56 Å². The number of hydrogen-bond donors (Lipinski definition) is 0. The summed E-state index contributed by atoms with van der Waals surface area (Å²) in [6, 6.07) is 0. The summed E-state index contributed by atoms with van der Waals surface area (Å²) in [6.45, 7) is 1.16. The predicted octanol–water partition coefficient (Wildman–Crippen LogP) is 2.61. The average Bonchev–Trinajstić information content (AvgIpc) is 2.15. The Hall–Kier alpha value is -1.63. The Bertz CT molecular complexity index is 465. The molecule has 0 aliphatic heterocycles. The second-order valence-electron chi connectivity index (χ2n) is 2.87. The van der Waals surface area contributed by atoms with Crippen molar-refractivity contribution in [3.8, 4) is 0 Å². The second-order valence-corrected chi connectivity index (χ2v) is 3.21. The summed E-state index contributed by atoms with van der Waals surface area (Å²) < 4.78 is 25.2. The molecule has 0 saturated carbocycles. The zero-order valence-corrected chi connectivity index (χ0v) is 8.66.